The molecular formula is C21H26FN3O. The monoisotopic (exact) mass is 355 g/mol. The maximum absolute atomic E-state index is 13.0. The molecule has 2 aromatic carbocycles. The van der Waals surface area contributed by atoms with Crippen LogP contribution in [0.5, 0.6) is 5.75 Å². The van der Waals surface area contributed by atoms with Crippen LogP contribution in [0.15, 0.2) is 53.5 Å². The van der Waals surface area contributed by atoms with Gasteiger partial charge in [-0.25, -0.2) is 4.39 Å². The lowest BCUT2D eigenvalue weighted by Gasteiger charge is -2.21. The first-order chi connectivity index (χ1) is 12.7. The third-order valence-electron chi connectivity index (χ3n) is 4.97. The first kappa shape index (κ1) is 18.2. The van der Waals surface area contributed by atoms with E-state index in [-0.39, 0.29) is 11.2 Å². The zero-order valence-corrected chi connectivity index (χ0v) is 15.4. The highest BCUT2D eigenvalue weighted by molar-refractivity contribution is 5.79. The number of aliphatic imine (C=N–C) groups is 1. The van der Waals surface area contributed by atoms with Crippen LogP contribution in [0.25, 0.3) is 0 Å². The number of rotatable bonds is 7. The van der Waals surface area contributed by atoms with Crippen molar-refractivity contribution in [1.29, 1.82) is 0 Å². The van der Waals surface area contributed by atoms with E-state index in [1.54, 1.807) is 14.2 Å². The third-order valence-corrected chi connectivity index (χ3v) is 4.97. The van der Waals surface area contributed by atoms with E-state index in [9.17, 15) is 4.39 Å². The Bertz CT molecular complexity index is 754. The van der Waals surface area contributed by atoms with Crippen LogP contribution in [0.2, 0.25) is 0 Å². The van der Waals surface area contributed by atoms with Gasteiger partial charge in [0, 0.05) is 31.1 Å². The minimum absolute atomic E-state index is 0.126. The zero-order valence-electron chi connectivity index (χ0n) is 15.4. The summed E-state index contributed by atoms with van der Waals surface area (Å²) in [6.07, 6.45) is 3.11. The number of para-hydroxylation sites is 1. The molecule has 138 valence electrons. The maximum atomic E-state index is 13.0. The molecule has 5 heteroatoms. The van der Waals surface area contributed by atoms with Crippen LogP contribution < -0.4 is 15.4 Å². The molecule has 0 aliphatic heterocycles. The fourth-order valence-corrected chi connectivity index (χ4v) is 3.22. The number of nitrogens with one attached hydrogen (secondary N) is 2. The minimum atomic E-state index is -0.203. The van der Waals surface area contributed by atoms with E-state index in [0.29, 0.717) is 0 Å². The van der Waals surface area contributed by atoms with Crippen LogP contribution in [0, 0.1) is 5.82 Å². The van der Waals surface area contributed by atoms with Crippen molar-refractivity contribution in [2.24, 2.45) is 4.99 Å². The summed E-state index contributed by atoms with van der Waals surface area (Å²) in [6.45, 7) is 1.57. The molecule has 1 aliphatic rings. The number of guanidine groups is 1. The van der Waals surface area contributed by atoms with Crippen LogP contribution in [0.3, 0.4) is 0 Å². The molecule has 1 aliphatic carbocycles. The fourth-order valence-electron chi connectivity index (χ4n) is 3.22. The van der Waals surface area contributed by atoms with Gasteiger partial charge in [-0.1, -0.05) is 30.3 Å². The summed E-state index contributed by atoms with van der Waals surface area (Å²) in [5.41, 5.74) is 2.49. The van der Waals surface area contributed by atoms with Gasteiger partial charge in [0.05, 0.1) is 7.11 Å². The zero-order chi connectivity index (χ0) is 18.4. The molecule has 0 amide bonds. The summed E-state index contributed by atoms with van der Waals surface area (Å²) in [5.74, 6) is 1.53. The molecule has 0 radical (unpaired) electrons. The lowest BCUT2D eigenvalue weighted by Crippen LogP contribution is -2.42. The summed E-state index contributed by atoms with van der Waals surface area (Å²) >= 11 is 0. The topological polar surface area (TPSA) is 45.7 Å². The third kappa shape index (κ3) is 4.34. The Morgan fingerprint density at radius 2 is 1.85 bits per heavy atom. The Labute approximate surface area is 154 Å². The highest BCUT2D eigenvalue weighted by atomic mass is 19.1. The molecule has 3 rings (SSSR count). The van der Waals surface area contributed by atoms with E-state index in [0.717, 1.165) is 49.6 Å². The van der Waals surface area contributed by atoms with E-state index in [2.05, 4.69) is 27.8 Å². The summed E-state index contributed by atoms with van der Waals surface area (Å²) in [6, 6.07) is 14.8. The van der Waals surface area contributed by atoms with Gasteiger partial charge in [0.15, 0.2) is 5.96 Å². The Balaban J connectivity index is 1.52. The number of nitrogens with zero attached hydrogens (tertiary/aromatic N) is 1. The molecule has 0 unspecified atom stereocenters. The highest BCUT2D eigenvalue weighted by Gasteiger charge is 2.46. The number of hydrogen-bond donors (Lipinski definition) is 2. The molecular weight excluding hydrogens is 329 g/mol. The van der Waals surface area contributed by atoms with Crippen molar-refractivity contribution in [2.45, 2.75) is 24.7 Å². The normalized spacial score (nSPS) is 15.4. The molecule has 0 atom stereocenters. The van der Waals surface area contributed by atoms with Gasteiger partial charge < -0.3 is 15.4 Å². The molecule has 4 nitrogen and oxygen atoms in total. The van der Waals surface area contributed by atoms with Crippen molar-refractivity contribution in [3.8, 4) is 5.75 Å². The summed E-state index contributed by atoms with van der Waals surface area (Å²) in [5, 5.41) is 6.77. The number of halogens is 1. The Kier molecular flexibility index (Phi) is 5.76. The molecule has 2 N–H and O–H groups in total. The number of hydrogen-bond acceptors (Lipinski definition) is 2. The minimum Gasteiger partial charge on any atom is -0.496 e. The van der Waals surface area contributed by atoms with Gasteiger partial charge >= 0.3 is 0 Å². The fraction of sp³-hybridized carbons (Fsp3) is 0.381. The lowest BCUT2D eigenvalue weighted by atomic mass is 9.95. The predicted molar refractivity (Wildman–Crippen MR) is 103 cm³/mol. The summed E-state index contributed by atoms with van der Waals surface area (Å²) in [7, 11) is 3.49. The van der Waals surface area contributed by atoms with Crippen molar-refractivity contribution in [2.75, 3.05) is 27.2 Å². The van der Waals surface area contributed by atoms with E-state index in [1.807, 2.05) is 24.3 Å². The van der Waals surface area contributed by atoms with Gasteiger partial charge in [-0.3, -0.25) is 4.99 Å². The van der Waals surface area contributed by atoms with Crippen LogP contribution >= 0.6 is 0 Å². The van der Waals surface area contributed by atoms with Crippen LogP contribution in [0.4, 0.5) is 4.39 Å². The van der Waals surface area contributed by atoms with Crippen molar-refractivity contribution >= 4 is 5.96 Å². The Morgan fingerprint density at radius 3 is 2.50 bits per heavy atom. The Hall–Kier alpha value is -2.56. The average molecular weight is 355 g/mol. The van der Waals surface area contributed by atoms with E-state index < -0.39 is 0 Å². The molecule has 1 fully saturated rings. The van der Waals surface area contributed by atoms with Crippen LogP contribution in [-0.2, 0) is 11.8 Å². The molecule has 1 saturated carbocycles. The standard InChI is InChI=1S/C21H26FN3O/c1-23-20(24-14-11-16-7-9-17(22)10-8-16)25-15-21(12-13-21)18-5-3-4-6-19(18)26-2/h3-10H,11-15H2,1-2H3,(H2,23,24,25). The molecule has 0 bridgehead atoms. The molecule has 0 heterocycles. The maximum Gasteiger partial charge on any atom is 0.191 e. The second-order valence-corrected chi connectivity index (χ2v) is 6.71. The van der Waals surface area contributed by atoms with Gasteiger partial charge in [0.2, 0.25) is 0 Å². The largest absolute Gasteiger partial charge is 0.496 e. The first-order valence-electron chi connectivity index (χ1n) is 8.99. The average Bonchev–Trinajstić information content (AvgIpc) is 3.47. The van der Waals surface area contributed by atoms with Gasteiger partial charge in [-0.05, 0) is 43.0 Å². The van der Waals surface area contributed by atoms with E-state index in [4.69, 9.17) is 4.74 Å². The summed E-state index contributed by atoms with van der Waals surface area (Å²) in [4.78, 5) is 4.30. The quantitative estimate of drug-likeness (QED) is 0.592. The highest BCUT2D eigenvalue weighted by Crippen LogP contribution is 2.50. The Morgan fingerprint density at radius 1 is 1.12 bits per heavy atom. The predicted octanol–water partition coefficient (Wildman–Crippen LogP) is 3.27. The van der Waals surface area contributed by atoms with Gasteiger partial charge in [-0.15, -0.1) is 0 Å². The van der Waals surface area contributed by atoms with Gasteiger partial charge in [-0.2, -0.15) is 0 Å². The second-order valence-electron chi connectivity index (χ2n) is 6.71. The van der Waals surface area contributed by atoms with Crippen LogP contribution in [0.1, 0.15) is 24.0 Å². The smallest absolute Gasteiger partial charge is 0.191 e. The molecule has 0 saturated heterocycles. The van der Waals surface area contributed by atoms with E-state index >= 15 is 0 Å². The van der Waals surface area contributed by atoms with Gasteiger partial charge in [0.25, 0.3) is 0 Å². The van der Waals surface area contributed by atoms with Gasteiger partial charge in [0.1, 0.15) is 11.6 Å². The second kappa shape index (κ2) is 8.21. The van der Waals surface area contributed by atoms with Crippen molar-refractivity contribution in [3.63, 3.8) is 0 Å². The first-order valence-corrected chi connectivity index (χ1v) is 8.99. The van der Waals surface area contributed by atoms with Crippen molar-refractivity contribution in [3.05, 3.63) is 65.5 Å². The summed E-state index contributed by atoms with van der Waals surface area (Å²) < 4.78 is 18.5. The SMILES string of the molecule is CN=C(NCCc1ccc(F)cc1)NCC1(c2ccccc2OC)CC1. The number of methoxy groups -OCH3 is 1. The molecule has 2 aromatic rings. The van der Waals surface area contributed by atoms with Crippen LogP contribution in [-0.4, -0.2) is 33.2 Å². The number of ether oxygens (including phenoxy) is 1. The number of benzene rings is 2. The molecule has 0 spiro atoms. The van der Waals surface area contributed by atoms with Crippen molar-refractivity contribution in [1.82, 2.24) is 10.6 Å². The molecule has 0 aromatic heterocycles. The lowest BCUT2D eigenvalue weighted by molar-refractivity contribution is 0.403. The molecule has 26 heavy (non-hydrogen) atoms. The van der Waals surface area contributed by atoms with E-state index in [1.165, 1.54) is 17.7 Å². The van der Waals surface area contributed by atoms with Crippen molar-refractivity contribution < 1.29 is 9.13 Å².